The van der Waals surface area contributed by atoms with Gasteiger partial charge in [0.2, 0.25) is 0 Å². The topological polar surface area (TPSA) is 76.1 Å². The number of aryl methyl sites for hydroxylation is 1. The molecule has 35 heavy (non-hydrogen) atoms. The molecular weight excluding hydrogens is 442 g/mol. The minimum Gasteiger partial charge on any atom is -0.507 e. The number of hydrogen-bond acceptors (Lipinski definition) is 5. The Morgan fingerprint density at radius 1 is 1.00 bits per heavy atom. The summed E-state index contributed by atoms with van der Waals surface area (Å²) in [6, 6.07) is 21.2. The normalized spacial score (nSPS) is 17.0. The SMILES string of the molecule is CCCOc1cccc(/C(O)=C2\C(=O)C(=O)N(Cc3ccccc3OC)C2c2ccccc2C)c1. The zero-order valence-electron chi connectivity index (χ0n) is 20.2. The van der Waals surface area contributed by atoms with Crippen LogP contribution in [0.3, 0.4) is 0 Å². The number of rotatable bonds is 8. The number of amides is 1. The van der Waals surface area contributed by atoms with E-state index in [1.54, 1.807) is 31.4 Å². The van der Waals surface area contributed by atoms with Gasteiger partial charge in [-0.2, -0.15) is 0 Å². The molecule has 180 valence electrons. The van der Waals surface area contributed by atoms with Crippen LogP contribution in [0.5, 0.6) is 11.5 Å². The summed E-state index contributed by atoms with van der Waals surface area (Å²) in [7, 11) is 1.57. The zero-order valence-corrected chi connectivity index (χ0v) is 20.2. The number of Topliss-reactive ketones (excluding diaryl/α,β-unsaturated/α-hetero) is 1. The second-order valence-electron chi connectivity index (χ2n) is 8.47. The average Bonchev–Trinajstić information content (AvgIpc) is 3.12. The molecule has 6 nitrogen and oxygen atoms in total. The van der Waals surface area contributed by atoms with Crippen LogP contribution in [0, 0.1) is 6.92 Å². The van der Waals surface area contributed by atoms with Gasteiger partial charge in [-0.05, 0) is 42.7 Å². The second kappa shape index (κ2) is 10.5. The molecule has 0 radical (unpaired) electrons. The van der Waals surface area contributed by atoms with Crippen LogP contribution < -0.4 is 9.47 Å². The van der Waals surface area contributed by atoms with E-state index >= 15 is 0 Å². The summed E-state index contributed by atoms with van der Waals surface area (Å²) in [6.45, 7) is 4.63. The number of methoxy groups -OCH3 is 1. The molecule has 0 aliphatic carbocycles. The Morgan fingerprint density at radius 2 is 1.74 bits per heavy atom. The van der Waals surface area contributed by atoms with Gasteiger partial charge >= 0.3 is 0 Å². The fourth-order valence-electron chi connectivity index (χ4n) is 4.39. The summed E-state index contributed by atoms with van der Waals surface area (Å²) in [4.78, 5) is 28.2. The molecular formula is C29H29NO5. The average molecular weight is 472 g/mol. The Morgan fingerprint density at radius 3 is 2.49 bits per heavy atom. The molecule has 0 spiro atoms. The summed E-state index contributed by atoms with van der Waals surface area (Å²) in [5.41, 5.74) is 2.95. The molecule has 1 aliphatic rings. The van der Waals surface area contributed by atoms with E-state index in [1.165, 1.54) is 4.90 Å². The van der Waals surface area contributed by atoms with Gasteiger partial charge in [0.25, 0.3) is 11.7 Å². The van der Waals surface area contributed by atoms with Crippen LogP contribution in [0.15, 0.2) is 78.4 Å². The van der Waals surface area contributed by atoms with Gasteiger partial charge in [0.1, 0.15) is 17.3 Å². The smallest absolute Gasteiger partial charge is 0.295 e. The lowest BCUT2D eigenvalue weighted by molar-refractivity contribution is -0.140. The maximum atomic E-state index is 13.4. The lowest BCUT2D eigenvalue weighted by atomic mass is 9.92. The fraction of sp³-hybridized carbons (Fsp3) is 0.241. The predicted octanol–water partition coefficient (Wildman–Crippen LogP) is 5.41. The number of nitrogens with zero attached hydrogens (tertiary/aromatic N) is 1. The van der Waals surface area contributed by atoms with Crippen molar-refractivity contribution in [3.05, 3.63) is 101 Å². The molecule has 1 fully saturated rings. The van der Waals surface area contributed by atoms with E-state index in [4.69, 9.17) is 9.47 Å². The van der Waals surface area contributed by atoms with Crippen molar-refractivity contribution in [2.75, 3.05) is 13.7 Å². The van der Waals surface area contributed by atoms with Gasteiger partial charge in [-0.25, -0.2) is 0 Å². The van der Waals surface area contributed by atoms with Crippen molar-refractivity contribution in [1.82, 2.24) is 4.90 Å². The Labute approximate surface area is 205 Å². The summed E-state index contributed by atoms with van der Waals surface area (Å²) < 4.78 is 11.2. The van der Waals surface area contributed by atoms with Gasteiger partial charge in [-0.3, -0.25) is 9.59 Å². The Kier molecular flexibility index (Phi) is 7.20. The van der Waals surface area contributed by atoms with Crippen LogP contribution in [-0.4, -0.2) is 35.4 Å². The van der Waals surface area contributed by atoms with Crippen LogP contribution >= 0.6 is 0 Å². The minimum absolute atomic E-state index is 0.0619. The number of carbonyl (C=O) groups excluding carboxylic acids is 2. The molecule has 1 saturated heterocycles. The van der Waals surface area contributed by atoms with Gasteiger partial charge in [0.05, 0.1) is 31.9 Å². The van der Waals surface area contributed by atoms with E-state index in [9.17, 15) is 14.7 Å². The molecule has 0 saturated carbocycles. The second-order valence-corrected chi connectivity index (χ2v) is 8.47. The van der Waals surface area contributed by atoms with Gasteiger partial charge < -0.3 is 19.5 Å². The third-order valence-corrected chi connectivity index (χ3v) is 6.14. The number of benzene rings is 3. The number of hydrogen-bond donors (Lipinski definition) is 1. The summed E-state index contributed by atoms with van der Waals surface area (Å²) in [6.07, 6.45) is 0.845. The number of likely N-dealkylation sites (tertiary alicyclic amines) is 1. The molecule has 1 aliphatic heterocycles. The van der Waals surface area contributed by atoms with Crippen LogP contribution in [-0.2, 0) is 16.1 Å². The van der Waals surface area contributed by atoms with E-state index in [2.05, 4.69) is 0 Å². The van der Waals surface area contributed by atoms with E-state index in [1.807, 2.05) is 62.4 Å². The number of ether oxygens (including phenoxy) is 2. The first kappa shape index (κ1) is 24.1. The van der Waals surface area contributed by atoms with Gasteiger partial charge in [0.15, 0.2) is 0 Å². The molecule has 1 unspecified atom stereocenters. The Balaban J connectivity index is 1.85. The van der Waals surface area contributed by atoms with Crippen molar-refractivity contribution in [2.24, 2.45) is 0 Å². The molecule has 3 aromatic carbocycles. The largest absolute Gasteiger partial charge is 0.507 e. The third-order valence-electron chi connectivity index (χ3n) is 6.14. The van der Waals surface area contributed by atoms with Crippen LogP contribution in [0.4, 0.5) is 0 Å². The minimum atomic E-state index is -0.749. The highest BCUT2D eigenvalue weighted by Gasteiger charge is 2.46. The molecule has 0 bridgehead atoms. The monoisotopic (exact) mass is 471 g/mol. The van der Waals surface area contributed by atoms with E-state index < -0.39 is 17.7 Å². The lowest BCUT2D eigenvalue weighted by Crippen LogP contribution is -2.29. The molecule has 1 N–H and O–H groups in total. The first-order valence-electron chi connectivity index (χ1n) is 11.6. The molecule has 4 rings (SSSR count). The third kappa shape index (κ3) is 4.78. The van der Waals surface area contributed by atoms with Gasteiger partial charge in [-0.1, -0.05) is 61.5 Å². The van der Waals surface area contributed by atoms with Crippen molar-refractivity contribution in [3.63, 3.8) is 0 Å². The highest BCUT2D eigenvalue weighted by atomic mass is 16.5. The molecule has 1 heterocycles. The maximum absolute atomic E-state index is 13.4. The molecule has 1 amide bonds. The molecule has 6 heteroatoms. The number of para-hydroxylation sites is 1. The molecule has 3 aromatic rings. The van der Waals surface area contributed by atoms with Crippen molar-refractivity contribution in [2.45, 2.75) is 32.9 Å². The van der Waals surface area contributed by atoms with Crippen molar-refractivity contribution < 1.29 is 24.2 Å². The number of aliphatic hydroxyl groups excluding tert-OH is 1. The number of aliphatic hydroxyl groups is 1. The van der Waals surface area contributed by atoms with Crippen molar-refractivity contribution in [3.8, 4) is 11.5 Å². The lowest BCUT2D eigenvalue weighted by Gasteiger charge is -2.27. The predicted molar refractivity (Wildman–Crippen MR) is 134 cm³/mol. The number of carbonyl (C=O) groups is 2. The summed E-state index contributed by atoms with van der Waals surface area (Å²) in [5.74, 6) is -0.388. The Bertz CT molecular complexity index is 1280. The van der Waals surface area contributed by atoms with E-state index in [0.29, 0.717) is 23.7 Å². The van der Waals surface area contributed by atoms with Crippen molar-refractivity contribution in [1.29, 1.82) is 0 Å². The zero-order chi connectivity index (χ0) is 24.9. The van der Waals surface area contributed by atoms with Gasteiger partial charge in [-0.15, -0.1) is 0 Å². The van der Waals surface area contributed by atoms with Crippen molar-refractivity contribution >= 4 is 17.4 Å². The first-order chi connectivity index (χ1) is 17.0. The molecule has 1 atom stereocenters. The highest BCUT2D eigenvalue weighted by Crippen LogP contribution is 2.42. The van der Waals surface area contributed by atoms with Crippen LogP contribution in [0.1, 0.15) is 41.6 Å². The fourth-order valence-corrected chi connectivity index (χ4v) is 4.39. The van der Waals surface area contributed by atoms with E-state index in [0.717, 1.165) is 23.1 Å². The standard InChI is InChI=1S/C29H29NO5/c1-4-16-35-22-13-9-12-20(17-22)27(31)25-26(23-14-7-5-10-19(23)2)30(29(33)28(25)32)18-21-11-6-8-15-24(21)34-3/h5-15,17,26,31H,4,16,18H2,1-3H3/b27-25+. The van der Waals surface area contributed by atoms with E-state index in [-0.39, 0.29) is 17.9 Å². The quantitative estimate of drug-likeness (QED) is 0.270. The Hall–Kier alpha value is -4.06. The highest BCUT2D eigenvalue weighted by molar-refractivity contribution is 6.46. The summed E-state index contributed by atoms with van der Waals surface area (Å²) in [5, 5.41) is 11.4. The van der Waals surface area contributed by atoms with Crippen LogP contribution in [0.2, 0.25) is 0 Å². The maximum Gasteiger partial charge on any atom is 0.295 e. The molecule has 0 aromatic heterocycles. The first-order valence-corrected chi connectivity index (χ1v) is 11.6. The van der Waals surface area contributed by atoms with Crippen LogP contribution in [0.25, 0.3) is 5.76 Å². The van der Waals surface area contributed by atoms with Gasteiger partial charge in [0, 0.05) is 11.1 Å². The summed E-state index contributed by atoms with van der Waals surface area (Å²) >= 11 is 0. The number of ketones is 1.